The standard InChI is InChI=1S/C18H31NS/c1-11(2)14-8-15(14)18(6,7)9-13(5)16-10-19-17(20-16)12(3)4/h10-15H,8-9H2,1-7H3. The quantitative estimate of drug-likeness (QED) is 0.619. The van der Waals surface area contributed by atoms with Crippen LogP contribution in [0, 0.1) is 23.2 Å². The fourth-order valence-electron chi connectivity index (χ4n) is 3.69. The van der Waals surface area contributed by atoms with Gasteiger partial charge in [0.25, 0.3) is 0 Å². The number of hydrogen-bond donors (Lipinski definition) is 0. The Morgan fingerprint density at radius 2 is 1.90 bits per heavy atom. The summed E-state index contributed by atoms with van der Waals surface area (Å²) < 4.78 is 0. The third-order valence-electron chi connectivity index (χ3n) is 5.05. The van der Waals surface area contributed by atoms with E-state index in [9.17, 15) is 0 Å². The maximum absolute atomic E-state index is 4.59. The Hall–Kier alpha value is -0.370. The molecule has 0 N–H and O–H groups in total. The molecule has 2 rings (SSSR count). The summed E-state index contributed by atoms with van der Waals surface area (Å²) in [6.45, 7) is 16.5. The van der Waals surface area contributed by atoms with Crippen LogP contribution in [0.2, 0.25) is 0 Å². The number of thiazole rings is 1. The molecule has 2 heteroatoms. The first-order valence-corrected chi connectivity index (χ1v) is 8.99. The summed E-state index contributed by atoms with van der Waals surface area (Å²) in [7, 11) is 0. The van der Waals surface area contributed by atoms with Gasteiger partial charge in [0.1, 0.15) is 0 Å². The zero-order valence-electron chi connectivity index (χ0n) is 14.2. The second kappa shape index (κ2) is 5.79. The summed E-state index contributed by atoms with van der Waals surface area (Å²) in [6.07, 6.45) is 4.85. The van der Waals surface area contributed by atoms with Crippen LogP contribution < -0.4 is 0 Å². The van der Waals surface area contributed by atoms with Crippen LogP contribution >= 0.6 is 11.3 Å². The summed E-state index contributed by atoms with van der Waals surface area (Å²) in [5, 5.41) is 1.29. The van der Waals surface area contributed by atoms with Crippen molar-refractivity contribution in [1.82, 2.24) is 4.98 Å². The summed E-state index contributed by atoms with van der Waals surface area (Å²) in [5.41, 5.74) is 0.469. The summed E-state index contributed by atoms with van der Waals surface area (Å²) in [5.74, 6) is 3.95. The highest BCUT2D eigenvalue weighted by molar-refractivity contribution is 7.11. The molecule has 1 aliphatic rings. The number of rotatable bonds is 6. The Kier molecular flexibility index (Phi) is 4.63. The molecule has 0 aliphatic heterocycles. The number of hydrogen-bond acceptors (Lipinski definition) is 2. The lowest BCUT2D eigenvalue weighted by Gasteiger charge is -2.29. The van der Waals surface area contributed by atoms with E-state index in [0.717, 1.165) is 17.8 Å². The third kappa shape index (κ3) is 3.44. The second-order valence-corrected chi connectivity index (χ2v) is 9.19. The molecule has 3 unspecified atom stereocenters. The lowest BCUT2D eigenvalue weighted by atomic mass is 9.77. The third-order valence-corrected chi connectivity index (χ3v) is 6.58. The lowest BCUT2D eigenvalue weighted by Crippen LogP contribution is -2.19. The summed E-state index contributed by atoms with van der Waals surface area (Å²) >= 11 is 1.92. The fourth-order valence-corrected chi connectivity index (χ4v) is 4.66. The van der Waals surface area contributed by atoms with Gasteiger partial charge < -0.3 is 0 Å². The van der Waals surface area contributed by atoms with Crippen molar-refractivity contribution < 1.29 is 0 Å². The van der Waals surface area contributed by atoms with Crippen molar-refractivity contribution >= 4 is 11.3 Å². The molecule has 1 saturated carbocycles. The Morgan fingerprint density at radius 1 is 1.25 bits per heavy atom. The van der Waals surface area contributed by atoms with E-state index < -0.39 is 0 Å². The van der Waals surface area contributed by atoms with E-state index in [1.54, 1.807) is 0 Å². The van der Waals surface area contributed by atoms with Gasteiger partial charge in [-0.1, -0.05) is 48.5 Å². The van der Waals surface area contributed by atoms with Crippen molar-refractivity contribution in [3.05, 3.63) is 16.1 Å². The first kappa shape index (κ1) is 16.0. The SMILES string of the molecule is CC(C)c1ncc(C(C)CC(C)(C)C2CC2C(C)C)s1. The zero-order valence-corrected chi connectivity index (χ0v) is 15.1. The van der Waals surface area contributed by atoms with Crippen LogP contribution in [0.3, 0.4) is 0 Å². The molecule has 1 aliphatic carbocycles. The molecule has 1 heterocycles. The molecular formula is C18H31NS. The fraction of sp³-hybridized carbons (Fsp3) is 0.833. The van der Waals surface area contributed by atoms with E-state index >= 15 is 0 Å². The monoisotopic (exact) mass is 293 g/mol. The molecule has 0 aromatic carbocycles. The topological polar surface area (TPSA) is 12.9 Å². The highest BCUT2D eigenvalue weighted by Gasteiger charge is 2.48. The van der Waals surface area contributed by atoms with Crippen molar-refractivity contribution in [2.45, 2.75) is 73.1 Å². The largest absolute Gasteiger partial charge is 0.249 e. The molecule has 1 aromatic rings. The van der Waals surface area contributed by atoms with E-state index in [4.69, 9.17) is 0 Å². The number of nitrogens with zero attached hydrogens (tertiary/aromatic N) is 1. The van der Waals surface area contributed by atoms with E-state index in [1.165, 1.54) is 22.7 Å². The van der Waals surface area contributed by atoms with Crippen molar-refractivity contribution in [3.8, 4) is 0 Å². The van der Waals surface area contributed by atoms with Crippen LogP contribution in [0.1, 0.15) is 83.0 Å². The Bertz CT molecular complexity index is 444. The van der Waals surface area contributed by atoms with Crippen LogP contribution in [-0.4, -0.2) is 4.98 Å². The predicted octanol–water partition coefficient (Wildman–Crippen LogP) is 6.08. The van der Waals surface area contributed by atoms with Crippen molar-refractivity contribution in [2.24, 2.45) is 23.2 Å². The van der Waals surface area contributed by atoms with E-state index in [-0.39, 0.29) is 0 Å². The molecule has 0 bridgehead atoms. The van der Waals surface area contributed by atoms with Gasteiger partial charge in [0, 0.05) is 17.0 Å². The molecule has 20 heavy (non-hydrogen) atoms. The lowest BCUT2D eigenvalue weighted by molar-refractivity contribution is 0.240. The van der Waals surface area contributed by atoms with E-state index in [2.05, 4.69) is 59.6 Å². The molecular weight excluding hydrogens is 262 g/mol. The smallest absolute Gasteiger partial charge is 0.0953 e. The van der Waals surface area contributed by atoms with E-state index in [1.807, 2.05) is 11.3 Å². The molecule has 0 amide bonds. The molecule has 0 radical (unpaired) electrons. The van der Waals surface area contributed by atoms with Gasteiger partial charge in [0.2, 0.25) is 0 Å². The summed E-state index contributed by atoms with van der Waals surface area (Å²) in [4.78, 5) is 6.06. The molecule has 0 spiro atoms. The van der Waals surface area contributed by atoms with Crippen LogP contribution in [0.15, 0.2) is 6.20 Å². The first-order valence-electron chi connectivity index (χ1n) is 8.18. The molecule has 3 atom stereocenters. The predicted molar refractivity (Wildman–Crippen MR) is 89.5 cm³/mol. The summed E-state index contributed by atoms with van der Waals surface area (Å²) in [6, 6.07) is 0. The van der Waals surface area contributed by atoms with Gasteiger partial charge in [0.15, 0.2) is 0 Å². The van der Waals surface area contributed by atoms with Crippen molar-refractivity contribution in [3.63, 3.8) is 0 Å². The van der Waals surface area contributed by atoms with Crippen LogP contribution in [0.4, 0.5) is 0 Å². The highest BCUT2D eigenvalue weighted by atomic mass is 32.1. The first-order chi connectivity index (χ1) is 9.22. The zero-order chi connectivity index (χ0) is 15.1. The van der Waals surface area contributed by atoms with Gasteiger partial charge >= 0.3 is 0 Å². The Morgan fingerprint density at radius 3 is 2.35 bits per heavy atom. The maximum atomic E-state index is 4.59. The van der Waals surface area contributed by atoms with Crippen molar-refractivity contribution in [1.29, 1.82) is 0 Å². The minimum atomic E-state index is 0.469. The maximum Gasteiger partial charge on any atom is 0.0953 e. The van der Waals surface area contributed by atoms with Gasteiger partial charge in [0.05, 0.1) is 5.01 Å². The van der Waals surface area contributed by atoms with Crippen LogP contribution in [0.5, 0.6) is 0 Å². The molecule has 1 aromatic heterocycles. The average molecular weight is 294 g/mol. The van der Waals surface area contributed by atoms with E-state index in [0.29, 0.717) is 17.3 Å². The van der Waals surface area contributed by atoms with Crippen LogP contribution in [-0.2, 0) is 0 Å². The average Bonchev–Trinajstić information content (AvgIpc) is 2.99. The van der Waals surface area contributed by atoms with Gasteiger partial charge in [-0.15, -0.1) is 11.3 Å². The minimum absolute atomic E-state index is 0.469. The molecule has 1 nitrogen and oxygen atoms in total. The minimum Gasteiger partial charge on any atom is -0.249 e. The van der Waals surface area contributed by atoms with Gasteiger partial charge in [-0.25, -0.2) is 4.98 Å². The van der Waals surface area contributed by atoms with Crippen molar-refractivity contribution in [2.75, 3.05) is 0 Å². The normalized spacial score (nSPS) is 24.4. The van der Waals surface area contributed by atoms with Gasteiger partial charge in [-0.3, -0.25) is 0 Å². The number of aromatic nitrogens is 1. The van der Waals surface area contributed by atoms with Crippen LogP contribution in [0.25, 0.3) is 0 Å². The molecule has 0 saturated heterocycles. The molecule has 114 valence electrons. The van der Waals surface area contributed by atoms with Gasteiger partial charge in [-0.2, -0.15) is 0 Å². The van der Waals surface area contributed by atoms with Gasteiger partial charge in [-0.05, 0) is 41.9 Å². The second-order valence-electron chi connectivity index (χ2n) is 8.10. The Balaban J connectivity index is 1.98. The highest BCUT2D eigenvalue weighted by Crippen LogP contribution is 2.57. The Labute approximate surface area is 129 Å². The molecule has 1 fully saturated rings.